The summed E-state index contributed by atoms with van der Waals surface area (Å²) in [5, 5.41) is 11.0. The van der Waals surface area contributed by atoms with Crippen LogP contribution in [0, 0.1) is 0 Å². The Bertz CT molecular complexity index is 1150. The third-order valence-corrected chi connectivity index (χ3v) is 6.80. The first-order valence-electron chi connectivity index (χ1n) is 11.8. The molecule has 3 aromatic rings. The predicted molar refractivity (Wildman–Crippen MR) is 127 cm³/mol. The van der Waals surface area contributed by atoms with Crippen molar-refractivity contribution in [1.82, 2.24) is 4.57 Å². The number of carboxylic acids is 1. The lowest BCUT2D eigenvalue weighted by molar-refractivity contribution is 0.0698. The van der Waals surface area contributed by atoms with E-state index in [1.807, 2.05) is 24.3 Å². The fourth-order valence-corrected chi connectivity index (χ4v) is 5.32. The standard InChI is InChI=1S/C27H32N2O3/c1-2-3-4-10-19-11-5-6-15-23-24(19)21-13-8-14-22(27(31)32)25(21)29(23)17-18-9-7-12-20(16-18)26(28)30/h7-9,12-14,16,19H,2-6,10-11,15,17H2,1H3,(H2,28,30)(H,31,32). The molecule has 0 radical (unpaired) electrons. The van der Waals surface area contributed by atoms with Crippen LogP contribution in [0.2, 0.25) is 0 Å². The number of fused-ring (bicyclic) bond motifs is 3. The Kier molecular flexibility index (Phi) is 6.63. The lowest BCUT2D eigenvalue weighted by Crippen LogP contribution is -2.12. The van der Waals surface area contributed by atoms with Crippen LogP contribution in [-0.2, 0) is 13.0 Å². The van der Waals surface area contributed by atoms with E-state index in [-0.39, 0.29) is 0 Å². The zero-order chi connectivity index (χ0) is 22.7. The van der Waals surface area contributed by atoms with Gasteiger partial charge in [-0.15, -0.1) is 0 Å². The highest BCUT2D eigenvalue weighted by Crippen LogP contribution is 2.42. The van der Waals surface area contributed by atoms with Crippen LogP contribution in [0.4, 0.5) is 0 Å². The summed E-state index contributed by atoms with van der Waals surface area (Å²) in [6.45, 7) is 2.75. The fraction of sp³-hybridized carbons (Fsp3) is 0.407. The van der Waals surface area contributed by atoms with Crippen LogP contribution in [0.25, 0.3) is 10.9 Å². The Morgan fingerprint density at radius 1 is 1.12 bits per heavy atom. The molecule has 1 aliphatic rings. The summed E-state index contributed by atoms with van der Waals surface area (Å²) in [5.74, 6) is -0.896. The van der Waals surface area contributed by atoms with E-state index < -0.39 is 11.9 Å². The van der Waals surface area contributed by atoms with Crippen molar-refractivity contribution >= 4 is 22.8 Å². The number of carbonyl (C=O) groups is 2. The minimum atomic E-state index is -0.905. The molecule has 0 fully saturated rings. The normalized spacial score (nSPS) is 16.0. The van der Waals surface area contributed by atoms with E-state index in [1.165, 1.54) is 36.9 Å². The lowest BCUT2D eigenvalue weighted by Gasteiger charge is -2.16. The van der Waals surface area contributed by atoms with Crippen molar-refractivity contribution in [1.29, 1.82) is 0 Å². The first-order valence-corrected chi connectivity index (χ1v) is 11.8. The summed E-state index contributed by atoms with van der Waals surface area (Å²) in [4.78, 5) is 23.9. The van der Waals surface area contributed by atoms with Crippen LogP contribution in [-0.4, -0.2) is 21.6 Å². The second-order valence-electron chi connectivity index (χ2n) is 8.96. The zero-order valence-corrected chi connectivity index (χ0v) is 18.8. The Balaban J connectivity index is 1.89. The third kappa shape index (κ3) is 4.29. The molecule has 4 rings (SSSR count). The summed E-state index contributed by atoms with van der Waals surface area (Å²) in [5.41, 5.74) is 10.7. The van der Waals surface area contributed by atoms with Gasteiger partial charge in [0.1, 0.15) is 0 Å². The maximum atomic E-state index is 12.2. The monoisotopic (exact) mass is 432 g/mol. The summed E-state index contributed by atoms with van der Waals surface area (Å²) in [6, 6.07) is 13.0. The zero-order valence-electron chi connectivity index (χ0n) is 18.8. The van der Waals surface area contributed by atoms with Gasteiger partial charge in [-0.2, -0.15) is 0 Å². The van der Waals surface area contributed by atoms with Crippen LogP contribution >= 0.6 is 0 Å². The molecule has 168 valence electrons. The molecule has 1 amide bonds. The summed E-state index contributed by atoms with van der Waals surface area (Å²) < 4.78 is 2.20. The molecule has 1 aliphatic carbocycles. The van der Waals surface area contributed by atoms with E-state index in [1.54, 1.807) is 12.1 Å². The van der Waals surface area contributed by atoms with Gasteiger partial charge in [-0.1, -0.05) is 56.9 Å². The van der Waals surface area contributed by atoms with Crippen molar-refractivity contribution in [3.05, 3.63) is 70.4 Å². The van der Waals surface area contributed by atoms with Gasteiger partial charge >= 0.3 is 5.97 Å². The molecule has 3 N–H and O–H groups in total. The molecule has 0 saturated heterocycles. The van der Waals surface area contributed by atoms with Gasteiger partial charge in [0.2, 0.25) is 5.91 Å². The molecular weight excluding hydrogens is 400 g/mol. The molecule has 0 aliphatic heterocycles. The van der Waals surface area contributed by atoms with E-state index >= 15 is 0 Å². The van der Waals surface area contributed by atoms with Crippen molar-refractivity contribution in [2.75, 3.05) is 0 Å². The molecule has 1 heterocycles. The Morgan fingerprint density at radius 2 is 1.94 bits per heavy atom. The molecule has 0 bridgehead atoms. The lowest BCUT2D eigenvalue weighted by atomic mass is 9.88. The molecule has 2 aromatic carbocycles. The largest absolute Gasteiger partial charge is 0.478 e. The average Bonchev–Trinajstić information content (AvgIpc) is 2.93. The second-order valence-corrected chi connectivity index (χ2v) is 8.96. The number of rotatable bonds is 8. The van der Waals surface area contributed by atoms with Crippen molar-refractivity contribution in [3.8, 4) is 0 Å². The smallest absolute Gasteiger partial charge is 0.337 e. The first kappa shape index (κ1) is 22.1. The van der Waals surface area contributed by atoms with Crippen LogP contribution in [0.3, 0.4) is 0 Å². The van der Waals surface area contributed by atoms with E-state index in [0.717, 1.165) is 42.1 Å². The summed E-state index contributed by atoms with van der Waals surface area (Å²) >= 11 is 0. The van der Waals surface area contributed by atoms with E-state index in [9.17, 15) is 14.7 Å². The number of hydrogen-bond donors (Lipinski definition) is 2. The fourth-order valence-electron chi connectivity index (χ4n) is 5.32. The average molecular weight is 433 g/mol. The molecule has 0 spiro atoms. The third-order valence-electron chi connectivity index (χ3n) is 6.80. The van der Waals surface area contributed by atoms with Crippen LogP contribution < -0.4 is 5.73 Å². The number of benzene rings is 2. The van der Waals surface area contributed by atoms with Crippen molar-refractivity contribution in [2.45, 2.75) is 70.8 Å². The maximum Gasteiger partial charge on any atom is 0.337 e. The molecule has 1 atom stereocenters. The topological polar surface area (TPSA) is 85.3 Å². The molecule has 0 saturated carbocycles. The van der Waals surface area contributed by atoms with Gasteiger partial charge in [0, 0.05) is 23.2 Å². The van der Waals surface area contributed by atoms with Crippen LogP contribution in [0.15, 0.2) is 42.5 Å². The van der Waals surface area contributed by atoms with Gasteiger partial charge in [-0.05, 0) is 60.9 Å². The number of primary amides is 1. The van der Waals surface area contributed by atoms with Crippen molar-refractivity contribution < 1.29 is 14.7 Å². The highest BCUT2D eigenvalue weighted by Gasteiger charge is 2.28. The second kappa shape index (κ2) is 9.60. The van der Waals surface area contributed by atoms with Gasteiger partial charge in [0.05, 0.1) is 11.1 Å². The molecule has 32 heavy (non-hydrogen) atoms. The number of para-hydroxylation sites is 1. The number of hydrogen-bond acceptors (Lipinski definition) is 2. The van der Waals surface area contributed by atoms with Gasteiger partial charge in [-0.3, -0.25) is 4.79 Å². The number of carbonyl (C=O) groups excluding carboxylic acids is 1. The molecular formula is C27H32N2O3. The highest BCUT2D eigenvalue weighted by molar-refractivity contribution is 6.04. The quantitative estimate of drug-likeness (QED) is 0.344. The Labute approximate surface area is 189 Å². The minimum Gasteiger partial charge on any atom is -0.478 e. The van der Waals surface area contributed by atoms with E-state index in [4.69, 9.17) is 5.73 Å². The number of nitrogens with zero attached hydrogens (tertiary/aromatic N) is 1. The number of nitrogens with two attached hydrogens (primary N) is 1. The van der Waals surface area contributed by atoms with E-state index in [2.05, 4.69) is 17.6 Å². The Morgan fingerprint density at radius 3 is 2.69 bits per heavy atom. The maximum absolute atomic E-state index is 12.2. The van der Waals surface area contributed by atoms with E-state index in [0.29, 0.717) is 23.6 Å². The summed E-state index contributed by atoms with van der Waals surface area (Å²) in [6.07, 6.45) is 9.18. The van der Waals surface area contributed by atoms with Crippen molar-refractivity contribution in [3.63, 3.8) is 0 Å². The van der Waals surface area contributed by atoms with Gasteiger partial charge in [0.15, 0.2) is 0 Å². The number of carboxylic acid groups (broad SMARTS) is 1. The molecule has 1 aromatic heterocycles. The van der Waals surface area contributed by atoms with Gasteiger partial charge < -0.3 is 15.4 Å². The van der Waals surface area contributed by atoms with Crippen LogP contribution in [0.5, 0.6) is 0 Å². The van der Waals surface area contributed by atoms with Gasteiger partial charge in [0.25, 0.3) is 0 Å². The molecule has 1 unspecified atom stereocenters. The van der Waals surface area contributed by atoms with Crippen molar-refractivity contribution in [2.24, 2.45) is 5.73 Å². The minimum absolute atomic E-state index is 0.342. The Hall–Kier alpha value is -3.08. The van der Waals surface area contributed by atoms with Gasteiger partial charge in [-0.25, -0.2) is 4.79 Å². The number of aromatic nitrogens is 1. The first-order chi connectivity index (χ1) is 15.5. The SMILES string of the molecule is CCCCCC1CCCCc2c1c1cccc(C(=O)O)c1n2Cc1cccc(C(N)=O)c1. The molecule has 5 heteroatoms. The van der Waals surface area contributed by atoms with Crippen LogP contribution in [0.1, 0.15) is 95.3 Å². The molecule has 5 nitrogen and oxygen atoms in total. The number of aromatic carboxylic acids is 1. The number of amides is 1. The highest BCUT2D eigenvalue weighted by atomic mass is 16.4. The number of unbranched alkanes of at least 4 members (excludes halogenated alkanes) is 2. The predicted octanol–water partition coefficient (Wildman–Crippen LogP) is 5.88. The summed E-state index contributed by atoms with van der Waals surface area (Å²) in [7, 11) is 0.